The summed E-state index contributed by atoms with van der Waals surface area (Å²) < 4.78 is 1.50. The van der Waals surface area contributed by atoms with Crippen LogP contribution in [0, 0.1) is 0 Å². The molecule has 2 rings (SSSR count). The van der Waals surface area contributed by atoms with Gasteiger partial charge >= 0.3 is 5.97 Å². The minimum absolute atomic E-state index is 0.0262. The summed E-state index contributed by atoms with van der Waals surface area (Å²) in [5, 5.41) is 16.0. The maximum atomic E-state index is 11.6. The van der Waals surface area contributed by atoms with E-state index in [0.29, 0.717) is 25.9 Å². The molecule has 1 N–H and O–H groups in total. The molecule has 1 aliphatic heterocycles. The Morgan fingerprint density at radius 1 is 1.56 bits per heavy atom. The van der Waals surface area contributed by atoms with Crippen LogP contribution >= 0.6 is 0 Å². The molecule has 0 spiro atoms. The summed E-state index contributed by atoms with van der Waals surface area (Å²) in [5.74, 6) is -1.01. The molecule has 1 fully saturated rings. The van der Waals surface area contributed by atoms with E-state index in [4.69, 9.17) is 5.11 Å². The van der Waals surface area contributed by atoms with Crippen LogP contribution < -0.4 is 0 Å². The Morgan fingerprint density at radius 2 is 2.28 bits per heavy atom. The molecule has 0 aliphatic carbocycles. The number of likely N-dealkylation sites (tertiary alicyclic amines) is 1. The first-order valence-electron chi connectivity index (χ1n) is 5.65. The number of rotatable bonds is 5. The lowest BCUT2D eigenvalue weighted by atomic mass is 10.1. The topological polar surface area (TPSA) is 88.3 Å². The molecular formula is C11H14N4O3. The van der Waals surface area contributed by atoms with Gasteiger partial charge in [-0.2, -0.15) is 0 Å². The third-order valence-electron chi connectivity index (χ3n) is 2.88. The van der Waals surface area contributed by atoms with E-state index in [1.54, 1.807) is 11.0 Å². The van der Waals surface area contributed by atoms with Crippen LogP contribution in [-0.2, 0) is 4.79 Å². The number of hydrogen-bond donors (Lipinski definition) is 1. The van der Waals surface area contributed by atoms with E-state index >= 15 is 0 Å². The third-order valence-corrected chi connectivity index (χ3v) is 2.88. The highest BCUT2D eigenvalue weighted by Gasteiger charge is 2.32. The maximum Gasteiger partial charge on any atom is 0.358 e. The van der Waals surface area contributed by atoms with Crippen molar-refractivity contribution in [2.24, 2.45) is 0 Å². The largest absolute Gasteiger partial charge is 0.476 e. The van der Waals surface area contributed by atoms with Crippen LogP contribution in [0.1, 0.15) is 29.4 Å². The van der Waals surface area contributed by atoms with Crippen LogP contribution in [-0.4, -0.2) is 50.0 Å². The molecule has 1 aliphatic rings. The molecule has 96 valence electrons. The molecule has 7 heteroatoms. The van der Waals surface area contributed by atoms with Crippen molar-refractivity contribution in [3.8, 4) is 0 Å². The second-order valence-electron chi connectivity index (χ2n) is 4.17. The lowest BCUT2D eigenvalue weighted by Gasteiger charge is -2.38. The van der Waals surface area contributed by atoms with E-state index in [0.717, 1.165) is 0 Å². The molecule has 0 aromatic carbocycles. The van der Waals surface area contributed by atoms with Crippen molar-refractivity contribution in [3.05, 3.63) is 24.5 Å². The second kappa shape index (κ2) is 4.99. The summed E-state index contributed by atoms with van der Waals surface area (Å²) in [6.07, 6.45) is 4.24. The smallest absolute Gasteiger partial charge is 0.358 e. The summed E-state index contributed by atoms with van der Waals surface area (Å²) in [7, 11) is 0. The number of hydrogen-bond acceptors (Lipinski definition) is 4. The van der Waals surface area contributed by atoms with E-state index < -0.39 is 5.97 Å². The number of carbonyl (C=O) groups is 2. The van der Waals surface area contributed by atoms with Crippen LogP contribution in [0.3, 0.4) is 0 Å². The second-order valence-corrected chi connectivity index (χ2v) is 4.17. The van der Waals surface area contributed by atoms with Crippen LogP contribution in [0.5, 0.6) is 0 Å². The summed E-state index contributed by atoms with van der Waals surface area (Å²) in [4.78, 5) is 24.0. The van der Waals surface area contributed by atoms with Crippen molar-refractivity contribution in [2.45, 2.75) is 18.9 Å². The highest BCUT2D eigenvalue weighted by Crippen LogP contribution is 2.21. The highest BCUT2D eigenvalue weighted by atomic mass is 16.4. The van der Waals surface area contributed by atoms with Gasteiger partial charge in [0.05, 0.1) is 12.2 Å². The first-order valence-corrected chi connectivity index (χ1v) is 5.65. The average Bonchev–Trinajstić information content (AvgIpc) is 2.73. The molecule has 1 aromatic heterocycles. The van der Waals surface area contributed by atoms with Crippen molar-refractivity contribution in [2.75, 3.05) is 13.1 Å². The Hall–Kier alpha value is -2.18. The molecule has 0 saturated carbocycles. The average molecular weight is 250 g/mol. The van der Waals surface area contributed by atoms with Gasteiger partial charge in [0, 0.05) is 19.5 Å². The van der Waals surface area contributed by atoms with Crippen molar-refractivity contribution >= 4 is 11.9 Å². The molecule has 0 radical (unpaired) electrons. The van der Waals surface area contributed by atoms with Crippen molar-refractivity contribution < 1.29 is 14.7 Å². The Balaban J connectivity index is 1.86. The number of nitrogens with zero attached hydrogens (tertiary/aromatic N) is 4. The standard InChI is InChI=1S/C11H14N4O3/c1-2-3-4-10(16)14-5-8(6-14)15-7-9(11(17)18)12-13-15/h2,7-8H,1,3-6H2,(H,17,18). The van der Waals surface area contributed by atoms with E-state index in [2.05, 4.69) is 16.9 Å². The number of allylic oxidation sites excluding steroid dienone is 1. The van der Waals surface area contributed by atoms with E-state index in [9.17, 15) is 9.59 Å². The van der Waals surface area contributed by atoms with Crippen LogP contribution in [0.4, 0.5) is 0 Å². The monoisotopic (exact) mass is 250 g/mol. The quantitative estimate of drug-likeness (QED) is 0.760. The van der Waals surface area contributed by atoms with Crippen LogP contribution in [0.25, 0.3) is 0 Å². The van der Waals surface area contributed by atoms with Crippen LogP contribution in [0.15, 0.2) is 18.9 Å². The minimum Gasteiger partial charge on any atom is -0.476 e. The fourth-order valence-electron chi connectivity index (χ4n) is 1.76. The van der Waals surface area contributed by atoms with Gasteiger partial charge in [0.15, 0.2) is 5.69 Å². The Bertz CT molecular complexity index is 476. The summed E-state index contributed by atoms with van der Waals surface area (Å²) in [6.45, 7) is 4.68. The number of amides is 1. The molecule has 7 nitrogen and oxygen atoms in total. The summed E-state index contributed by atoms with van der Waals surface area (Å²) in [5.41, 5.74) is -0.0774. The fraction of sp³-hybridized carbons (Fsp3) is 0.455. The normalized spacial score (nSPS) is 15.2. The van der Waals surface area contributed by atoms with Gasteiger partial charge in [-0.1, -0.05) is 11.3 Å². The Kier molecular flexibility index (Phi) is 3.40. The zero-order valence-electron chi connectivity index (χ0n) is 9.82. The van der Waals surface area contributed by atoms with Crippen molar-refractivity contribution in [1.82, 2.24) is 19.9 Å². The van der Waals surface area contributed by atoms with Crippen molar-refractivity contribution in [3.63, 3.8) is 0 Å². The number of carboxylic acid groups (broad SMARTS) is 1. The zero-order chi connectivity index (χ0) is 13.1. The minimum atomic E-state index is -1.10. The van der Waals surface area contributed by atoms with E-state index in [-0.39, 0.29) is 17.6 Å². The van der Waals surface area contributed by atoms with Gasteiger partial charge in [0.2, 0.25) is 5.91 Å². The van der Waals surface area contributed by atoms with Gasteiger partial charge < -0.3 is 10.0 Å². The van der Waals surface area contributed by atoms with E-state index in [1.165, 1.54) is 10.9 Å². The number of carboxylic acids is 1. The molecule has 18 heavy (non-hydrogen) atoms. The fourth-order valence-corrected chi connectivity index (χ4v) is 1.76. The van der Waals surface area contributed by atoms with Crippen molar-refractivity contribution in [1.29, 1.82) is 0 Å². The predicted octanol–water partition coefficient (Wildman–Crippen LogP) is 0.326. The first-order chi connectivity index (χ1) is 8.61. The van der Waals surface area contributed by atoms with Gasteiger partial charge in [0.1, 0.15) is 0 Å². The number of aromatic carboxylic acids is 1. The Labute approximate surface area is 104 Å². The van der Waals surface area contributed by atoms with Crippen LogP contribution in [0.2, 0.25) is 0 Å². The molecule has 0 bridgehead atoms. The molecule has 1 aromatic rings. The molecule has 0 atom stereocenters. The van der Waals surface area contributed by atoms with Gasteiger partial charge in [-0.25, -0.2) is 9.48 Å². The molecule has 1 amide bonds. The molecule has 1 saturated heterocycles. The molecule has 2 heterocycles. The predicted molar refractivity (Wildman–Crippen MR) is 62.0 cm³/mol. The zero-order valence-corrected chi connectivity index (χ0v) is 9.82. The van der Waals surface area contributed by atoms with Gasteiger partial charge in [0.25, 0.3) is 0 Å². The maximum absolute atomic E-state index is 11.6. The number of carbonyl (C=O) groups excluding carboxylic acids is 1. The van der Waals surface area contributed by atoms with Gasteiger partial charge in [-0.15, -0.1) is 11.7 Å². The summed E-state index contributed by atoms with van der Waals surface area (Å²) >= 11 is 0. The lowest BCUT2D eigenvalue weighted by Crippen LogP contribution is -2.50. The first kappa shape index (κ1) is 12.3. The molecular weight excluding hydrogens is 236 g/mol. The SMILES string of the molecule is C=CCCC(=O)N1CC(n2cc(C(=O)O)nn2)C1. The van der Waals surface area contributed by atoms with Gasteiger partial charge in [-0.3, -0.25) is 4.79 Å². The third kappa shape index (κ3) is 2.39. The number of aromatic nitrogens is 3. The van der Waals surface area contributed by atoms with Gasteiger partial charge in [-0.05, 0) is 6.42 Å². The lowest BCUT2D eigenvalue weighted by molar-refractivity contribution is -0.137. The summed E-state index contributed by atoms with van der Waals surface area (Å²) in [6, 6.07) is 0.0262. The highest BCUT2D eigenvalue weighted by molar-refractivity contribution is 5.84. The Morgan fingerprint density at radius 3 is 2.83 bits per heavy atom. The molecule has 0 unspecified atom stereocenters. The van der Waals surface area contributed by atoms with E-state index in [1.807, 2.05) is 0 Å².